The van der Waals surface area contributed by atoms with Crippen LogP contribution in [0, 0.1) is 5.92 Å². The predicted molar refractivity (Wildman–Crippen MR) is 90.0 cm³/mol. The lowest BCUT2D eigenvalue weighted by molar-refractivity contribution is -0.137. The van der Waals surface area contributed by atoms with Crippen LogP contribution in [0.1, 0.15) is 57.4 Å². The maximum absolute atomic E-state index is 10.9. The molecule has 0 aliphatic heterocycles. The van der Waals surface area contributed by atoms with Gasteiger partial charge < -0.3 is 10.4 Å². The van der Waals surface area contributed by atoms with Gasteiger partial charge in [-0.05, 0) is 44.1 Å². The van der Waals surface area contributed by atoms with Crippen molar-refractivity contribution in [3.63, 3.8) is 0 Å². The number of nitrogens with one attached hydrogen (secondary N) is 1. The summed E-state index contributed by atoms with van der Waals surface area (Å²) in [5, 5.41) is 12.7. The van der Waals surface area contributed by atoms with Gasteiger partial charge in [0.25, 0.3) is 0 Å². The van der Waals surface area contributed by atoms with Crippen molar-refractivity contribution >= 4 is 5.97 Å². The highest BCUT2D eigenvalue weighted by atomic mass is 16.4. The molecule has 2 unspecified atom stereocenters. The molecule has 0 saturated heterocycles. The number of carbonyl (C=O) groups is 1. The van der Waals surface area contributed by atoms with Gasteiger partial charge in [-0.1, -0.05) is 49.6 Å². The number of carboxylic acids is 1. The van der Waals surface area contributed by atoms with E-state index >= 15 is 0 Å². The molecule has 122 valence electrons. The molecule has 0 aromatic heterocycles. The van der Waals surface area contributed by atoms with Gasteiger partial charge in [0.15, 0.2) is 0 Å². The van der Waals surface area contributed by atoms with Crippen molar-refractivity contribution in [1.29, 1.82) is 0 Å². The fourth-order valence-electron chi connectivity index (χ4n) is 3.58. The Kier molecular flexibility index (Phi) is 6.91. The zero-order valence-electron chi connectivity index (χ0n) is 13.6. The summed E-state index contributed by atoms with van der Waals surface area (Å²) >= 11 is 0. The second-order valence-corrected chi connectivity index (χ2v) is 6.67. The average Bonchev–Trinajstić information content (AvgIpc) is 2.54. The lowest BCUT2D eigenvalue weighted by Gasteiger charge is -2.32. The molecule has 3 nitrogen and oxygen atoms in total. The standard InChI is InChI=1S/C19H29NO2/c1-15(17-10-6-3-7-11-17)20-18(12-13-19(21)22)14-16-8-4-2-5-9-16/h2,4-5,8-9,15,17-18,20H,3,6-7,10-14H2,1H3,(H,21,22). The van der Waals surface area contributed by atoms with Gasteiger partial charge in [0.2, 0.25) is 0 Å². The zero-order chi connectivity index (χ0) is 15.8. The normalized spacial score (nSPS) is 18.8. The molecule has 1 aliphatic carbocycles. The van der Waals surface area contributed by atoms with Gasteiger partial charge in [-0.3, -0.25) is 4.79 Å². The predicted octanol–water partition coefficient (Wildman–Crippen LogP) is 4.02. The van der Waals surface area contributed by atoms with Crippen LogP contribution >= 0.6 is 0 Å². The van der Waals surface area contributed by atoms with Gasteiger partial charge in [-0.25, -0.2) is 0 Å². The first-order valence-electron chi connectivity index (χ1n) is 8.67. The zero-order valence-corrected chi connectivity index (χ0v) is 13.6. The fourth-order valence-corrected chi connectivity index (χ4v) is 3.58. The molecule has 1 fully saturated rings. The van der Waals surface area contributed by atoms with Crippen molar-refractivity contribution in [3.05, 3.63) is 35.9 Å². The Morgan fingerprint density at radius 3 is 2.55 bits per heavy atom. The van der Waals surface area contributed by atoms with Crippen molar-refractivity contribution in [1.82, 2.24) is 5.32 Å². The van der Waals surface area contributed by atoms with E-state index in [1.54, 1.807) is 0 Å². The van der Waals surface area contributed by atoms with Crippen molar-refractivity contribution in [3.8, 4) is 0 Å². The molecule has 0 heterocycles. The summed E-state index contributed by atoms with van der Waals surface area (Å²) in [6.07, 6.45) is 8.52. The number of aliphatic carboxylic acids is 1. The molecule has 0 amide bonds. The van der Waals surface area contributed by atoms with Gasteiger partial charge in [0.1, 0.15) is 0 Å². The minimum absolute atomic E-state index is 0.238. The molecular weight excluding hydrogens is 274 g/mol. The van der Waals surface area contributed by atoms with E-state index in [2.05, 4.69) is 24.4 Å². The Morgan fingerprint density at radius 1 is 1.23 bits per heavy atom. The quantitative estimate of drug-likeness (QED) is 0.762. The molecule has 2 N–H and O–H groups in total. The Bertz CT molecular complexity index is 440. The largest absolute Gasteiger partial charge is 0.481 e. The van der Waals surface area contributed by atoms with Crippen LogP contribution in [0.5, 0.6) is 0 Å². The third kappa shape index (κ3) is 5.80. The van der Waals surface area contributed by atoms with E-state index in [1.807, 2.05) is 18.2 Å². The van der Waals surface area contributed by atoms with Crippen molar-refractivity contribution in [2.24, 2.45) is 5.92 Å². The molecule has 2 atom stereocenters. The van der Waals surface area contributed by atoms with Crippen LogP contribution in [0.15, 0.2) is 30.3 Å². The lowest BCUT2D eigenvalue weighted by Crippen LogP contribution is -2.43. The first-order valence-corrected chi connectivity index (χ1v) is 8.67. The van der Waals surface area contributed by atoms with E-state index in [9.17, 15) is 4.79 Å². The molecular formula is C19H29NO2. The van der Waals surface area contributed by atoms with Crippen LogP contribution in [0.2, 0.25) is 0 Å². The van der Waals surface area contributed by atoms with Crippen LogP contribution in [-0.4, -0.2) is 23.2 Å². The fraction of sp³-hybridized carbons (Fsp3) is 0.632. The van der Waals surface area contributed by atoms with Crippen LogP contribution < -0.4 is 5.32 Å². The number of rotatable bonds is 8. The molecule has 2 rings (SSSR count). The third-order valence-electron chi connectivity index (χ3n) is 4.89. The summed E-state index contributed by atoms with van der Waals surface area (Å²) in [5.41, 5.74) is 1.28. The van der Waals surface area contributed by atoms with Crippen LogP contribution in [-0.2, 0) is 11.2 Å². The SMILES string of the molecule is CC(NC(CCC(=O)O)Cc1ccccc1)C1CCCCC1. The molecule has 0 bridgehead atoms. The van der Waals surface area contributed by atoms with E-state index < -0.39 is 5.97 Å². The summed E-state index contributed by atoms with van der Waals surface area (Å²) in [4.78, 5) is 10.9. The molecule has 0 spiro atoms. The van der Waals surface area contributed by atoms with E-state index in [1.165, 1.54) is 37.7 Å². The Hall–Kier alpha value is -1.35. The topological polar surface area (TPSA) is 49.3 Å². The second-order valence-electron chi connectivity index (χ2n) is 6.67. The smallest absolute Gasteiger partial charge is 0.303 e. The van der Waals surface area contributed by atoms with Gasteiger partial charge >= 0.3 is 5.97 Å². The molecule has 1 aliphatic rings. The van der Waals surface area contributed by atoms with E-state index in [0.717, 1.165) is 12.3 Å². The Morgan fingerprint density at radius 2 is 1.91 bits per heavy atom. The number of hydrogen-bond donors (Lipinski definition) is 2. The monoisotopic (exact) mass is 303 g/mol. The van der Waals surface area contributed by atoms with E-state index in [-0.39, 0.29) is 12.5 Å². The first kappa shape index (κ1) is 17.0. The number of benzene rings is 1. The van der Waals surface area contributed by atoms with Crippen molar-refractivity contribution in [2.45, 2.75) is 70.4 Å². The minimum atomic E-state index is -0.704. The Labute approximate surface area is 134 Å². The Balaban J connectivity index is 1.92. The molecule has 1 aromatic rings. The van der Waals surface area contributed by atoms with Crippen LogP contribution in [0.4, 0.5) is 0 Å². The minimum Gasteiger partial charge on any atom is -0.481 e. The maximum Gasteiger partial charge on any atom is 0.303 e. The van der Waals surface area contributed by atoms with Crippen LogP contribution in [0.3, 0.4) is 0 Å². The molecule has 3 heteroatoms. The summed E-state index contributed by atoms with van der Waals surface area (Å²) in [7, 11) is 0. The average molecular weight is 303 g/mol. The van der Waals surface area contributed by atoms with E-state index in [0.29, 0.717) is 12.5 Å². The number of carboxylic acid groups (broad SMARTS) is 1. The molecule has 1 saturated carbocycles. The van der Waals surface area contributed by atoms with Gasteiger partial charge in [0.05, 0.1) is 0 Å². The van der Waals surface area contributed by atoms with Crippen molar-refractivity contribution in [2.75, 3.05) is 0 Å². The number of hydrogen-bond acceptors (Lipinski definition) is 2. The molecule has 1 aromatic carbocycles. The highest BCUT2D eigenvalue weighted by Gasteiger charge is 2.22. The summed E-state index contributed by atoms with van der Waals surface area (Å²) < 4.78 is 0. The lowest BCUT2D eigenvalue weighted by atomic mass is 9.84. The first-order chi connectivity index (χ1) is 10.6. The second kappa shape index (κ2) is 8.94. The summed E-state index contributed by atoms with van der Waals surface area (Å²) in [6.45, 7) is 2.27. The summed E-state index contributed by atoms with van der Waals surface area (Å²) in [6, 6.07) is 11.1. The highest BCUT2D eigenvalue weighted by Crippen LogP contribution is 2.27. The molecule has 22 heavy (non-hydrogen) atoms. The van der Waals surface area contributed by atoms with Gasteiger partial charge in [-0.15, -0.1) is 0 Å². The molecule has 0 radical (unpaired) electrons. The van der Waals surface area contributed by atoms with Crippen LogP contribution in [0.25, 0.3) is 0 Å². The van der Waals surface area contributed by atoms with Crippen molar-refractivity contribution < 1.29 is 9.90 Å². The van der Waals surface area contributed by atoms with Gasteiger partial charge in [0, 0.05) is 18.5 Å². The summed E-state index contributed by atoms with van der Waals surface area (Å²) in [5.74, 6) is 0.0435. The highest BCUT2D eigenvalue weighted by molar-refractivity contribution is 5.66. The van der Waals surface area contributed by atoms with Gasteiger partial charge in [-0.2, -0.15) is 0 Å². The third-order valence-corrected chi connectivity index (χ3v) is 4.89. The van der Waals surface area contributed by atoms with E-state index in [4.69, 9.17) is 5.11 Å². The maximum atomic E-state index is 10.9.